The van der Waals surface area contributed by atoms with Crippen molar-refractivity contribution in [2.75, 3.05) is 7.11 Å². The van der Waals surface area contributed by atoms with Crippen molar-refractivity contribution in [2.45, 2.75) is 19.9 Å². The Bertz CT molecular complexity index is 916. The summed E-state index contributed by atoms with van der Waals surface area (Å²) in [6.45, 7) is 3.48. The summed E-state index contributed by atoms with van der Waals surface area (Å²) < 4.78 is 6.57. The number of amides is 2. The number of esters is 1. The van der Waals surface area contributed by atoms with Crippen molar-refractivity contribution >= 4 is 35.0 Å². The van der Waals surface area contributed by atoms with Crippen molar-refractivity contribution in [1.82, 2.24) is 9.47 Å². The zero-order chi connectivity index (χ0) is 18.8. The van der Waals surface area contributed by atoms with Crippen LogP contribution >= 0.6 is 11.8 Å². The molecule has 1 aliphatic rings. The van der Waals surface area contributed by atoms with Gasteiger partial charge in [0.15, 0.2) is 0 Å². The average molecular weight is 370 g/mol. The Kier molecular flexibility index (Phi) is 4.99. The monoisotopic (exact) mass is 370 g/mol. The van der Waals surface area contributed by atoms with E-state index in [1.807, 2.05) is 54.1 Å². The molecule has 0 aliphatic carbocycles. The van der Waals surface area contributed by atoms with Gasteiger partial charge >= 0.3 is 5.97 Å². The lowest BCUT2D eigenvalue weighted by Crippen LogP contribution is -2.42. The molecule has 1 saturated heterocycles. The minimum absolute atomic E-state index is 0.276. The van der Waals surface area contributed by atoms with Crippen molar-refractivity contribution in [3.05, 3.63) is 58.8 Å². The number of thioether (sulfide) groups is 1. The third-order valence-corrected chi connectivity index (χ3v) is 4.98. The maximum Gasteiger partial charge on any atom is 0.328 e. The smallest absolute Gasteiger partial charge is 0.328 e. The summed E-state index contributed by atoms with van der Waals surface area (Å²) in [7, 11) is 1.22. The van der Waals surface area contributed by atoms with Crippen LogP contribution in [0.25, 0.3) is 11.8 Å². The van der Waals surface area contributed by atoms with Crippen LogP contribution in [0.15, 0.2) is 47.5 Å². The van der Waals surface area contributed by atoms with Crippen LogP contribution in [0.2, 0.25) is 0 Å². The number of hydrogen-bond acceptors (Lipinski definition) is 5. The van der Waals surface area contributed by atoms with E-state index in [1.54, 1.807) is 6.08 Å². The second-order valence-corrected chi connectivity index (χ2v) is 6.89. The summed E-state index contributed by atoms with van der Waals surface area (Å²) in [4.78, 5) is 37.7. The Morgan fingerprint density at radius 3 is 2.69 bits per heavy atom. The highest BCUT2D eigenvalue weighted by atomic mass is 32.2. The average Bonchev–Trinajstić information content (AvgIpc) is 3.18. The Labute approximate surface area is 155 Å². The highest BCUT2D eigenvalue weighted by Gasteiger charge is 2.41. The van der Waals surface area contributed by atoms with Gasteiger partial charge in [-0.25, -0.2) is 4.79 Å². The standard InChI is InChI=1S/C19H18N2O4S/c1-12-6-4-7-14(10-12)20-9-5-8-15(20)11-16-17(22)21(19(24)26-16)13(2)18(23)25-3/h4-11,13H,1-3H3/b16-11-/t13-/m1/s1. The van der Waals surface area contributed by atoms with Gasteiger partial charge in [0.25, 0.3) is 11.1 Å². The Balaban J connectivity index is 1.93. The number of carbonyl (C=O) groups is 3. The minimum Gasteiger partial charge on any atom is -0.467 e. The second kappa shape index (κ2) is 7.21. The lowest BCUT2D eigenvalue weighted by atomic mass is 10.2. The Morgan fingerprint density at radius 2 is 2.00 bits per heavy atom. The molecule has 134 valence electrons. The van der Waals surface area contributed by atoms with Crippen LogP contribution in [-0.4, -0.2) is 39.7 Å². The SMILES string of the molecule is COC(=O)[C@@H](C)N1C(=O)S/C(=C\c2cccn2-c2cccc(C)c2)C1=O. The lowest BCUT2D eigenvalue weighted by Gasteiger charge is -2.18. The predicted octanol–water partition coefficient (Wildman–Crippen LogP) is 3.38. The molecule has 1 aromatic carbocycles. The van der Waals surface area contributed by atoms with E-state index in [0.29, 0.717) is 0 Å². The van der Waals surface area contributed by atoms with Crippen LogP contribution in [0, 0.1) is 6.92 Å². The molecule has 0 spiro atoms. The molecule has 1 aromatic heterocycles. The number of ether oxygens (including phenoxy) is 1. The zero-order valence-corrected chi connectivity index (χ0v) is 15.4. The number of methoxy groups -OCH3 is 1. The van der Waals surface area contributed by atoms with Crippen LogP contribution in [-0.2, 0) is 14.3 Å². The van der Waals surface area contributed by atoms with Gasteiger partial charge in [0.05, 0.1) is 12.0 Å². The van der Waals surface area contributed by atoms with Gasteiger partial charge in [-0.1, -0.05) is 12.1 Å². The van der Waals surface area contributed by atoms with Crippen LogP contribution in [0.3, 0.4) is 0 Å². The second-order valence-electron chi connectivity index (χ2n) is 5.89. The first-order chi connectivity index (χ1) is 12.4. The van der Waals surface area contributed by atoms with E-state index in [9.17, 15) is 14.4 Å². The number of hydrogen-bond donors (Lipinski definition) is 0. The van der Waals surface area contributed by atoms with Gasteiger partial charge in [-0.05, 0) is 61.5 Å². The van der Waals surface area contributed by atoms with Gasteiger partial charge in [0.2, 0.25) is 0 Å². The molecule has 0 bridgehead atoms. The summed E-state index contributed by atoms with van der Waals surface area (Å²) >= 11 is 0.821. The summed E-state index contributed by atoms with van der Waals surface area (Å²) in [6.07, 6.45) is 3.55. The fraction of sp³-hybridized carbons (Fsp3) is 0.211. The maximum atomic E-state index is 12.6. The lowest BCUT2D eigenvalue weighted by molar-refractivity contribution is -0.148. The quantitative estimate of drug-likeness (QED) is 0.610. The molecule has 7 heteroatoms. The number of imide groups is 1. The van der Waals surface area contributed by atoms with E-state index in [-0.39, 0.29) is 4.91 Å². The molecule has 2 aromatic rings. The molecule has 0 saturated carbocycles. The van der Waals surface area contributed by atoms with Gasteiger partial charge in [-0.15, -0.1) is 0 Å². The molecule has 1 fully saturated rings. The van der Waals surface area contributed by atoms with E-state index in [1.165, 1.54) is 14.0 Å². The summed E-state index contributed by atoms with van der Waals surface area (Å²) in [5.41, 5.74) is 2.85. The third-order valence-electron chi connectivity index (χ3n) is 4.09. The molecular formula is C19H18N2O4S. The number of carbonyl (C=O) groups excluding carboxylic acids is 3. The van der Waals surface area contributed by atoms with Crippen molar-refractivity contribution in [1.29, 1.82) is 0 Å². The Morgan fingerprint density at radius 1 is 1.23 bits per heavy atom. The molecule has 6 nitrogen and oxygen atoms in total. The third kappa shape index (κ3) is 3.30. The van der Waals surface area contributed by atoms with Gasteiger partial charge in [0.1, 0.15) is 6.04 Å². The molecule has 0 N–H and O–H groups in total. The van der Waals surface area contributed by atoms with Gasteiger partial charge < -0.3 is 9.30 Å². The molecule has 1 atom stereocenters. The molecule has 2 heterocycles. The highest BCUT2D eigenvalue weighted by Crippen LogP contribution is 2.34. The van der Waals surface area contributed by atoms with E-state index in [0.717, 1.165) is 33.6 Å². The number of rotatable bonds is 4. The van der Waals surface area contributed by atoms with Crippen LogP contribution in [0.4, 0.5) is 4.79 Å². The van der Waals surface area contributed by atoms with Gasteiger partial charge in [0, 0.05) is 17.6 Å². The molecule has 0 radical (unpaired) electrons. The number of aromatic nitrogens is 1. The van der Waals surface area contributed by atoms with Gasteiger partial charge in [-0.3, -0.25) is 14.5 Å². The van der Waals surface area contributed by atoms with Crippen molar-refractivity contribution in [2.24, 2.45) is 0 Å². The first-order valence-corrected chi connectivity index (χ1v) is 8.83. The summed E-state index contributed by atoms with van der Waals surface area (Å²) in [5, 5.41) is -0.479. The molecule has 3 rings (SSSR count). The Hall–Kier alpha value is -2.80. The molecule has 0 unspecified atom stereocenters. The molecular weight excluding hydrogens is 352 g/mol. The van der Waals surface area contributed by atoms with E-state index in [4.69, 9.17) is 0 Å². The van der Waals surface area contributed by atoms with Crippen molar-refractivity contribution < 1.29 is 19.1 Å². The largest absolute Gasteiger partial charge is 0.467 e. The van der Waals surface area contributed by atoms with E-state index < -0.39 is 23.2 Å². The minimum atomic E-state index is -0.957. The van der Waals surface area contributed by atoms with Crippen LogP contribution in [0.1, 0.15) is 18.2 Å². The van der Waals surface area contributed by atoms with Crippen molar-refractivity contribution in [3.63, 3.8) is 0 Å². The molecule has 2 amide bonds. The van der Waals surface area contributed by atoms with Crippen LogP contribution in [0.5, 0.6) is 0 Å². The normalized spacial score (nSPS) is 17.0. The predicted molar refractivity (Wildman–Crippen MR) is 99.8 cm³/mol. The topological polar surface area (TPSA) is 68.6 Å². The number of nitrogens with zero attached hydrogens (tertiary/aromatic N) is 2. The van der Waals surface area contributed by atoms with Crippen molar-refractivity contribution in [3.8, 4) is 5.69 Å². The molecule has 1 aliphatic heterocycles. The molecule has 26 heavy (non-hydrogen) atoms. The number of benzene rings is 1. The van der Waals surface area contributed by atoms with E-state index in [2.05, 4.69) is 4.74 Å². The fourth-order valence-electron chi connectivity index (χ4n) is 2.75. The summed E-state index contributed by atoms with van der Waals surface area (Å²) in [6, 6.07) is 10.7. The summed E-state index contributed by atoms with van der Waals surface area (Å²) in [5.74, 6) is -1.12. The zero-order valence-electron chi connectivity index (χ0n) is 14.6. The maximum absolute atomic E-state index is 12.6. The number of aryl methyl sites for hydroxylation is 1. The highest BCUT2D eigenvalue weighted by molar-refractivity contribution is 8.18. The first kappa shape index (κ1) is 18.0. The van der Waals surface area contributed by atoms with Crippen LogP contribution < -0.4 is 0 Å². The first-order valence-electron chi connectivity index (χ1n) is 8.01. The fourth-order valence-corrected chi connectivity index (χ4v) is 3.64. The van der Waals surface area contributed by atoms with E-state index >= 15 is 0 Å². The van der Waals surface area contributed by atoms with Gasteiger partial charge in [-0.2, -0.15) is 0 Å².